The number of carbonyl (C=O) groups is 1. The van der Waals surface area contributed by atoms with Crippen LogP contribution in [0.15, 0.2) is 29.4 Å². The molecule has 0 saturated heterocycles. The Morgan fingerprint density at radius 1 is 1.30 bits per heavy atom. The Balaban J connectivity index is 2.41. The van der Waals surface area contributed by atoms with Gasteiger partial charge in [0.2, 0.25) is 0 Å². The van der Waals surface area contributed by atoms with Gasteiger partial charge in [-0.15, -0.1) is 0 Å². The summed E-state index contributed by atoms with van der Waals surface area (Å²) in [5, 5.41) is 2.49. The maximum atomic E-state index is 13.9. The second-order valence-electron chi connectivity index (χ2n) is 3.68. The van der Waals surface area contributed by atoms with Crippen molar-refractivity contribution in [2.45, 2.75) is 9.85 Å². The molecular weight excluding hydrogens is 397 g/mol. The average Bonchev–Trinajstić information content (AvgIpc) is 2.75. The quantitative estimate of drug-likeness (QED) is 0.191. The van der Waals surface area contributed by atoms with Gasteiger partial charge in [0.1, 0.15) is 0 Å². The first-order valence-electron chi connectivity index (χ1n) is 5.09. The Morgan fingerprint density at radius 2 is 1.95 bits per heavy atom. The van der Waals surface area contributed by atoms with Crippen LogP contribution < -0.4 is 0 Å². The van der Waals surface area contributed by atoms with E-state index in [0.29, 0.717) is 0 Å². The predicted octanol–water partition coefficient (Wildman–Crippen LogP) is 3.99. The zero-order chi connectivity index (χ0) is 15.0. The van der Waals surface area contributed by atoms with E-state index >= 15 is 0 Å². The number of carbonyl (C=O) groups excluding carboxylic acids is 1. The van der Waals surface area contributed by atoms with Crippen LogP contribution >= 0.6 is 20.2 Å². The molecule has 0 saturated carbocycles. The molecule has 0 aromatic heterocycles. The third kappa shape index (κ3) is 2.29. The topological polar surface area (TPSA) is 75.1 Å². The maximum absolute atomic E-state index is 13.9. The van der Waals surface area contributed by atoms with Crippen molar-refractivity contribution in [1.82, 2.24) is 0 Å². The zero-order valence-corrected chi connectivity index (χ0v) is 11.7. The van der Waals surface area contributed by atoms with Gasteiger partial charge < -0.3 is 0 Å². The van der Waals surface area contributed by atoms with Gasteiger partial charge in [-0.2, -0.15) is 0 Å². The van der Waals surface area contributed by atoms with E-state index in [1.807, 2.05) is 4.91 Å². The molecule has 0 spiro atoms. The van der Waals surface area contributed by atoms with Crippen LogP contribution in [0.25, 0.3) is 10.4 Å². The molecule has 1 aromatic rings. The van der Waals surface area contributed by atoms with Gasteiger partial charge in [-0.25, -0.2) is 0 Å². The Bertz CT molecular complexity index is 604. The second-order valence-corrected chi connectivity index (χ2v) is 8.06. The molecule has 0 aliphatic carbocycles. The number of hydrogen-bond donors (Lipinski definition) is 0. The molecule has 20 heavy (non-hydrogen) atoms. The van der Waals surface area contributed by atoms with Crippen LogP contribution in [0.3, 0.4) is 0 Å². The predicted molar refractivity (Wildman–Crippen MR) is 68.5 cm³/mol. The summed E-state index contributed by atoms with van der Waals surface area (Å²) in [7, 11) is 0. The Morgan fingerprint density at radius 3 is 2.60 bits per heavy atom. The summed E-state index contributed by atoms with van der Waals surface area (Å²) < 4.78 is 54.7. The first-order chi connectivity index (χ1) is 9.31. The molecule has 10 heteroatoms. The number of benzene rings is 1. The van der Waals surface area contributed by atoms with E-state index < -0.39 is 42.6 Å². The number of alkyl halides is 5. The molecule has 0 N–H and O–H groups in total. The van der Waals surface area contributed by atoms with Gasteiger partial charge in [-0.05, 0) is 0 Å². The van der Waals surface area contributed by atoms with Gasteiger partial charge in [-0.1, -0.05) is 0 Å². The molecule has 1 heterocycles. The third-order valence-corrected chi connectivity index (χ3v) is 7.25. The summed E-state index contributed by atoms with van der Waals surface area (Å²) in [6, 6.07) is 5.22. The fourth-order valence-corrected chi connectivity index (χ4v) is 5.67. The van der Waals surface area contributed by atoms with Crippen LogP contribution in [0.2, 0.25) is 0 Å². The molecule has 0 fully saturated rings. The average molecular weight is 403 g/mol. The molecule has 0 bridgehead atoms. The molecule has 1 aromatic carbocycles. The summed E-state index contributed by atoms with van der Waals surface area (Å²) in [5.41, 5.74) is 7.85. The Hall–Kier alpha value is -1.55. The zero-order valence-electron chi connectivity index (χ0n) is 9.56. The minimum atomic E-state index is -4.57. The number of nitrogens with zero attached hydrogens (tertiary/aromatic N) is 3. The fraction of sp³-hybridized carbons (Fsp3) is 0.300. The van der Waals surface area contributed by atoms with E-state index in [-0.39, 0.29) is 9.13 Å². The number of fused-ring (bicyclic) bond motifs is 1. The van der Waals surface area contributed by atoms with Crippen molar-refractivity contribution in [3.05, 3.63) is 43.8 Å². The molecule has 108 valence electrons. The standard InChI is InChI=1S/C10H6F4IN3O2/c11-9(12,5-17-18-16)10(13,14)15-7-4-2-1-3-6(7)8(19)20-15/h1-4H,5H2. The number of azide groups is 1. The van der Waals surface area contributed by atoms with Crippen molar-refractivity contribution in [3.63, 3.8) is 0 Å². The molecule has 0 radical (unpaired) electrons. The second kappa shape index (κ2) is 5.09. The van der Waals surface area contributed by atoms with Gasteiger partial charge in [0.25, 0.3) is 0 Å². The number of rotatable bonds is 4. The van der Waals surface area contributed by atoms with Crippen LogP contribution in [0.4, 0.5) is 17.6 Å². The molecule has 0 amide bonds. The molecular formula is C10H6F4IN3O2. The van der Waals surface area contributed by atoms with Crippen LogP contribution in [0.5, 0.6) is 0 Å². The van der Waals surface area contributed by atoms with Crippen molar-refractivity contribution in [2.24, 2.45) is 5.11 Å². The Kier molecular flexibility index (Phi) is 3.78. The van der Waals surface area contributed by atoms with Gasteiger partial charge in [0.15, 0.2) is 0 Å². The van der Waals surface area contributed by atoms with Crippen LogP contribution in [-0.2, 0) is 3.07 Å². The first-order valence-corrected chi connectivity index (χ1v) is 8.13. The van der Waals surface area contributed by atoms with Gasteiger partial charge in [0.05, 0.1) is 0 Å². The summed E-state index contributed by atoms with van der Waals surface area (Å²) >= 11 is -4.24. The fourth-order valence-electron chi connectivity index (χ4n) is 1.44. The first kappa shape index (κ1) is 14.9. The van der Waals surface area contributed by atoms with E-state index in [2.05, 4.69) is 8.18 Å². The molecule has 1 aliphatic rings. The third-order valence-electron chi connectivity index (χ3n) is 2.39. The van der Waals surface area contributed by atoms with Crippen molar-refractivity contribution in [3.8, 4) is 0 Å². The van der Waals surface area contributed by atoms with Crippen LogP contribution in [0.1, 0.15) is 10.4 Å². The molecule has 0 atom stereocenters. The van der Waals surface area contributed by atoms with Crippen LogP contribution in [-0.4, -0.2) is 22.4 Å². The van der Waals surface area contributed by atoms with Gasteiger partial charge >= 0.3 is 117 Å². The summed E-state index contributed by atoms with van der Waals surface area (Å²) in [6.07, 6.45) is 0. The van der Waals surface area contributed by atoms with Crippen LogP contribution in [0, 0.1) is 3.57 Å². The van der Waals surface area contributed by atoms with Crippen molar-refractivity contribution in [2.75, 3.05) is 6.54 Å². The number of halogens is 5. The molecule has 5 nitrogen and oxygen atoms in total. The Labute approximate surface area is 117 Å². The normalized spacial score (nSPS) is 16.4. The summed E-state index contributed by atoms with van der Waals surface area (Å²) in [5.74, 6) is -5.59. The van der Waals surface area contributed by atoms with Crippen molar-refractivity contribution >= 4 is 26.2 Å². The molecule has 0 unspecified atom stereocenters. The number of hydrogen-bond acceptors (Lipinski definition) is 3. The van der Waals surface area contributed by atoms with Crippen molar-refractivity contribution in [1.29, 1.82) is 0 Å². The minimum absolute atomic E-state index is 0.114. The van der Waals surface area contributed by atoms with E-state index in [9.17, 15) is 22.4 Å². The van der Waals surface area contributed by atoms with E-state index in [0.717, 1.165) is 0 Å². The van der Waals surface area contributed by atoms with E-state index in [1.54, 1.807) is 0 Å². The van der Waals surface area contributed by atoms with E-state index in [1.165, 1.54) is 24.3 Å². The molecule has 2 rings (SSSR count). The van der Waals surface area contributed by atoms with E-state index in [4.69, 9.17) is 5.53 Å². The van der Waals surface area contributed by atoms with Crippen molar-refractivity contribution < 1.29 is 25.4 Å². The SMILES string of the molecule is [N-]=[N+]=NCC(F)(F)C(F)(F)I1OC(=O)c2ccccc21. The van der Waals surface area contributed by atoms with Gasteiger partial charge in [-0.3, -0.25) is 0 Å². The van der Waals surface area contributed by atoms with Gasteiger partial charge in [0, 0.05) is 0 Å². The monoisotopic (exact) mass is 403 g/mol. The summed E-state index contributed by atoms with van der Waals surface area (Å²) in [4.78, 5) is 13.5. The molecule has 1 aliphatic heterocycles. The summed E-state index contributed by atoms with van der Waals surface area (Å²) in [6.45, 7) is -1.69.